The third-order valence-electron chi connectivity index (χ3n) is 4.77. The van der Waals surface area contributed by atoms with Crippen LogP contribution >= 0.6 is 15.9 Å². The number of hydrogen-bond donors (Lipinski definition) is 1. The molecule has 1 N–H and O–H groups in total. The smallest absolute Gasteiger partial charge is 0.244 e. The summed E-state index contributed by atoms with van der Waals surface area (Å²) >= 11 is 3.40. The van der Waals surface area contributed by atoms with Gasteiger partial charge in [-0.1, -0.05) is 40.2 Å². The van der Waals surface area contributed by atoms with Crippen LogP contribution in [-0.4, -0.2) is 57.6 Å². The fraction of sp³-hybridized carbons (Fsp3) is 0.364. The lowest BCUT2D eigenvalue weighted by atomic mass is 10.1. The molecule has 174 valence electrons. The number of halogens is 1. The third kappa shape index (κ3) is 6.70. The van der Waals surface area contributed by atoms with Gasteiger partial charge in [-0.2, -0.15) is 0 Å². The molecular weight excluding hydrogens is 498 g/mol. The topological polar surface area (TPSA) is 96.0 Å². The van der Waals surface area contributed by atoms with Crippen molar-refractivity contribution < 1.29 is 22.7 Å². The van der Waals surface area contributed by atoms with Crippen molar-refractivity contribution in [1.82, 2.24) is 10.2 Å². The standard InChI is InChI=1S/C22H28BrN3O5S/c1-5-31-20-12-7-6-11-19(20)26(32(4,29)30)15-21(27)25(16(2)22(28)24-3)14-17-9-8-10-18(23)13-17/h6-13,16H,5,14-15H2,1-4H3,(H,24,28)/t16-/m0/s1. The molecule has 2 amide bonds. The number of likely N-dealkylation sites (N-methyl/N-ethyl adjacent to an activating group) is 1. The Balaban J connectivity index is 2.43. The normalized spacial score (nSPS) is 12.0. The molecule has 0 aliphatic carbocycles. The summed E-state index contributed by atoms with van der Waals surface area (Å²) in [6.45, 7) is 3.40. The lowest BCUT2D eigenvalue weighted by Gasteiger charge is -2.31. The highest BCUT2D eigenvalue weighted by Crippen LogP contribution is 2.30. The molecular formula is C22H28BrN3O5S. The summed E-state index contributed by atoms with van der Waals surface area (Å²) < 4.78 is 32.7. The monoisotopic (exact) mass is 525 g/mol. The van der Waals surface area contributed by atoms with Gasteiger partial charge in [-0.25, -0.2) is 8.42 Å². The zero-order valence-corrected chi connectivity index (χ0v) is 20.9. The van der Waals surface area contributed by atoms with Gasteiger partial charge in [0.15, 0.2) is 0 Å². The van der Waals surface area contributed by atoms with Crippen molar-refractivity contribution in [3.8, 4) is 5.75 Å². The number of nitrogens with one attached hydrogen (secondary N) is 1. The molecule has 0 unspecified atom stereocenters. The maximum atomic E-state index is 13.4. The van der Waals surface area contributed by atoms with Crippen molar-refractivity contribution in [2.24, 2.45) is 0 Å². The lowest BCUT2D eigenvalue weighted by Crippen LogP contribution is -2.50. The second-order valence-corrected chi connectivity index (χ2v) is 9.93. The number of carbonyl (C=O) groups is 2. The summed E-state index contributed by atoms with van der Waals surface area (Å²) in [5.74, 6) is -0.516. The molecule has 2 rings (SSSR count). The van der Waals surface area contributed by atoms with Crippen LogP contribution in [0.3, 0.4) is 0 Å². The Kier molecular flexibility index (Phi) is 9.09. The van der Waals surface area contributed by atoms with E-state index in [1.807, 2.05) is 24.3 Å². The molecule has 0 saturated carbocycles. The minimum atomic E-state index is -3.82. The first-order chi connectivity index (χ1) is 15.1. The summed E-state index contributed by atoms with van der Waals surface area (Å²) in [7, 11) is -2.33. The summed E-state index contributed by atoms with van der Waals surface area (Å²) in [6, 6.07) is 13.2. The Labute approximate surface area is 197 Å². The van der Waals surface area contributed by atoms with Gasteiger partial charge in [0.05, 0.1) is 18.6 Å². The highest BCUT2D eigenvalue weighted by molar-refractivity contribution is 9.10. The summed E-state index contributed by atoms with van der Waals surface area (Å²) in [6.07, 6.45) is 1.03. The summed E-state index contributed by atoms with van der Waals surface area (Å²) in [4.78, 5) is 27.1. The zero-order valence-electron chi connectivity index (χ0n) is 18.5. The van der Waals surface area contributed by atoms with E-state index in [1.54, 1.807) is 38.1 Å². The molecule has 0 fully saturated rings. The second kappa shape index (κ2) is 11.3. The Morgan fingerprint density at radius 2 is 1.84 bits per heavy atom. The zero-order chi connectivity index (χ0) is 23.9. The van der Waals surface area contributed by atoms with Crippen LogP contribution in [0, 0.1) is 0 Å². The van der Waals surface area contributed by atoms with E-state index in [2.05, 4.69) is 21.2 Å². The van der Waals surface area contributed by atoms with Crippen LogP contribution in [-0.2, 0) is 26.2 Å². The van der Waals surface area contributed by atoms with Crippen molar-refractivity contribution in [1.29, 1.82) is 0 Å². The summed E-state index contributed by atoms with van der Waals surface area (Å²) in [5, 5.41) is 2.54. The predicted molar refractivity (Wildman–Crippen MR) is 128 cm³/mol. The first kappa shape index (κ1) is 25.7. The van der Waals surface area contributed by atoms with Crippen LogP contribution in [0.15, 0.2) is 53.0 Å². The van der Waals surface area contributed by atoms with Crippen molar-refractivity contribution in [3.63, 3.8) is 0 Å². The minimum Gasteiger partial charge on any atom is -0.492 e. The van der Waals surface area contributed by atoms with E-state index >= 15 is 0 Å². The maximum Gasteiger partial charge on any atom is 0.244 e. The van der Waals surface area contributed by atoms with Crippen LogP contribution < -0.4 is 14.4 Å². The van der Waals surface area contributed by atoms with E-state index < -0.39 is 28.5 Å². The molecule has 0 spiro atoms. The molecule has 0 aliphatic rings. The number of para-hydroxylation sites is 2. The SMILES string of the molecule is CCOc1ccccc1N(CC(=O)N(Cc1cccc(Br)c1)[C@@H](C)C(=O)NC)S(C)(=O)=O. The average Bonchev–Trinajstić information content (AvgIpc) is 2.74. The predicted octanol–water partition coefficient (Wildman–Crippen LogP) is 2.78. The number of sulfonamides is 1. The molecule has 8 nitrogen and oxygen atoms in total. The maximum absolute atomic E-state index is 13.4. The van der Waals surface area contributed by atoms with Gasteiger partial charge in [0.25, 0.3) is 0 Å². The number of nitrogens with zero attached hydrogens (tertiary/aromatic N) is 2. The Morgan fingerprint density at radius 3 is 2.44 bits per heavy atom. The quantitative estimate of drug-likeness (QED) is 0.514. The molecule has 2 aromatic rings. The first-order valence-electron chi connectivity index (χ1n) is 10.0. The number of hydrogen-bond acceptors (Lipinski definition) is 5. The van der Waals surface area contributed by atoms with Crippen molar-refractivity contribution in [3.05, 3.63) is 58.6 Å². The first-order valence-corrected chi connectivity index (χ1v) is 12.7. The highest BCUT2D eigenvalue weighted by Gasteiger charge is 2.30. The number of benzene rings is 2. The van der Waals surface area contributed by atoms with Crippen LogP contribution in [0.2, 0.25) is 0 Å². The third-order valence-corrected chi connectivity index (χ3v) is 6.39. The van der Waals surface area contributed by atoms with E-state index in [0.717, 1.165) is 20.6 Å². The fourth-order valence-electron chi connectivity index (χ4n) is 3.16. The van der Waals surface area contributed by atoms with Gasteiger partial charge in [0, 0.05) is 18.1 Å². The average molecular weight is 526 g/mol. The highest BCUT2D eigenvalue weighted by atomic mass is 79.9. The number of rotatable bonds is 10. The van der Waals surface area contributed by atoms with Crippen LogP contribution in [0.4, 0.5) is 5.69 Å². The molecule has 0 heterocycles. The van der Waals surface area contributed by atoms with Gasteiger partial charge in [0.2, 0.25) is 21.8 Å². The van der Waals surface area contributed by atoms with E-state index in [4.69, 9.17) is 4.74 Å². The summed E-state index contributed by atoms with van der Waals surface area (Å²) in [5.41, 5.74) is 1.06. The Morgan fingerprint density at radius 1 is 1.16 bits per heavy atom. The molecule has 1 atom stereocenters. The van der Waals surface area contributed by atoms with Crippen LogP contribution in [0.25, 0.3) is 0 Å². The van der Waals surface area contributed by atoms with Crippen molar-refractivity contribution in [2.45, 2.75) is 26.4 Å². The van der Waals surface area contributed by atoms with Gasteiger partial charge < -0.3 is 15.0 Å². The van der Waals surface area contributed by atoms with Gasteiger partial charge in [-0.05, 0) is 43.7 Å². The molecule has 0 saturated heterocycles. The Hall–Kier alpha value is -2.59. The molecule has 0 aliphatic heterocycles. The number of carbonyl (C=O) groups excluding carboxylic acids is 2. The Bertz CT molecular complexity index is 1060. The van der Waals surface area contributed by atoms with Crippen molar-refractivity contribution in [2.75, 3.05) is 30.8 Å². The van der Waals surface area contributed by atoms with Crippen molar-refractivity contribution >= 4 is 43.5 Å². The minimum absolute atomic E-state index is 0.136. The van der Waals surface area contributed by atoms with E-state index in [9.17, 15) is 18.0 Å². The van der Waals surface area contributed by atoms with E-state index in [-0.39, 0.29) is 18.1 Å². The number of ether oxygens (including phenoxy) is 1. The molecule has 0 bridgehead atoms. The van der Waals surface area contributed by atoms with Crippen LogP contribution in [0.1, 0.15) is 19.4 Å². The second-order valence-electron chi connectivity index (χ2n) is 7.11. The van der Waals surface area contributed by atoms with Gasteiger partial charge in [0.1, 0.15) is 18.3 Å². The van der Waals surface area contributed by atoms with Crippen LogP contribution in [0.5, 0.6) is 5.75 Å². The number of anilines is 1. The molecule has 0 aromatic heterocycles. The van der Waals surface area contributed by atoms with Gasteiger partial charge in [-0.15, -0.1) is 0 Å². The van der Waals surface area contributed by atoms with E-state index in [0.29, 0.717) is 12.4 Å². The molecule has 0 radical (unpaired) electrons. The lowest BCUT2D eigenvalue weighted by molar-refractivity contribution is -0.139. The molecule has 2 aromatic carbocycles. The van der Waals surface area contributed by atoms with Gasteiger partial charge in [-0.3, -0.25) is 13.9 Å². The van der Waals surface area contributed by atoms with Gasteiger partial charge >= 0.3 is 0 Å². The largest absolute Gasteiger partial charge is 0.492 e. The molecule has 10 heteroatoms. The number of amides is 2. The molecule has 32 heavy (non-hydrogen) atoms. The van der Waals surface area contributed by atoms with E-state index in [1.165, 1.54) is 11.9 Å². The fourth-order valence-corrected chi connectivity index (χ4v) is 4.46.